The lowest BCUT2D eigenvalue weighted by atomic mass is 9.90. The van der Waals surface area contributed by atoms with Crippen LogP contribution in [-0.4, -0.2) is 25.4 Å². The van der Waals surface area contributed by atoms with Crippen LogP contribution in [0.2, 0.25) is 0 Å². The van der Waals surface area contributed by atoms with E-state index in [4.69, 9.17) is 0 Å². The summed E-state index contributed by atoms with van der Waals surface area (Å²) in [6, 6.07) is 6.80. The highest BCUT2D eigenvalue weighted by Crippen LogP contribution is 2.33. The second-order valence-corrected chi connectivity index (χ2v) is 7.57. The van der Waals surface area contributed by atoms with Gasteiger partial charge < -0.3 is 4.98 Å². The van der Waals surface area contributed by atoms with E-state index in [-0.39, 0.29) is 5.78 Å². The normalized spacial score (nSPS) is 15.0. The van der Waals surface area contributed by atoms with Crippen molar-refractivity contribution in [2.75, 3.05) is 6.26 Å². The number of nitrogens with one attached hydrogen (secondary N) is 1. The number of hydrogen-bond donors (Lipinski definition) is 1. The summed E-state index contributed by atoms with van der Waals surface area (Å²) in [5, 5.41) is 0. The van der Waals surface area contributed by atoms with Gasteiger partial charge in [0, 0.05) is 29.6 Å². The SMILES string of the molecule is Cc1[nH]c(-c2ccc(S(C)(=O)=O)cc2)c2c1C(=O)CCC2. The smallest absolute Gasteiger partial charge is 0.175 e. The highest BCUT2D eigenvalue weighted by Gasteiger charge is 2.25. The maximum Gasteiger partial charge on any atom is 0.175 e. The third-order valence-electron chi connectivity index (χ3n) is 3.97. The molecule has 1 N–H and O–H groups in total. The molecule has 0 fully saturated rings. The monoisotopic (exact) mass is 303 g/mol. The van der Waals surface area contributed by atoms with Gasteiger partial charge in [-0.25, -0.2) is 8.42 Å². The number of aromatic nitrogens is 1. The number of aryl methyl sites for hydroxylation is 1. The molecule has 1 heterocycles. The molecule has 5 heteroatoms. The first-order chi connectivity index (χ1) is 9.88. The zero-order valence-corrected chi connectivity index (χ0v) is 12.9. The van der Waals surface area contributed by atoms with E-state index in [0.29, 0.717) is 11.3 Å². The van der Waals surface area contributed by atoms with Crippen LogP contribution in [0.5, 0.6) is 0 Å². The molecule has 4 nitrogen and oxygen atoms in total. The minimum absolute atomic E-state index is 0.198. The number of carbonyl (C=O) groups excluding carboxylic acids is 1. The number of H-pyrrole nitrogens is 1. The molecular formula is C16H17NO3S. The van der Waals surface area contributed by atoms with Crippen LogP contribution in [0.25, 0.3) is 11.3 Å². The fourth-order valence-electron chi connectivity index (χ4n) is 2.97. The van der Waals surface area contributed by atoms with Crippen molar-refractivity contribution in [2.24, 2.45) is 0 Å². The van der Waals surface area contributed by atoms with Crippen LogP contribution < -0.4 is 0 Å². The Labute approximate surface area is 124 Å². The molecule has 2 aromatic rings. The van der Waals surface area contributed by atoms with Crippen LogP contribution >= 0.6 is 0 Å². The second-order valence-electron chi connectivity index (χ2n) is 5.55. The Morgan fingerprint density at radius 2 is 1.76 bits per heavy atom. The minimum Gasteiger partial charge on any atom is -0.358 e. The zero-order chi connectivity index (χ0) is 15.2. The van der Waals surface area contributed by atoms with Gasteiger partial charge in [0.25, 0.3) is 0 Å². The Balaban J connectivity index is 2.10. The van der Waals surface area contributed by atoms with Gasteiger partial charge in [0.15, 0.2) is 15.6 Å². The predicted octanol–water partition coefficient (Wildman–Crippen LogP) is 2.91. The van der Waals surface area contributed by atoms with E-state index < -0.39 is 9.84 Å². The number of rotatable bonds is 2. The Bertz CT molecular complexity index is 814. The van der Waals surface area contributed by atoms with Crippen LogP contribution in [0.4, 0.5) is 0 Å². The Hall–Kier alpha value is -1.88. The molecule has 0 unspecified atom stereocenters. The fourth-order valence-corrected chi connectivity index (χ4v) is 3.60. The van der Waals surface area contributed by atoms with E-state index in [1.807, 2.05) is 6.92 Å². The van der Waals surface area contributed by atoms with Crippen molar-refractivity contribution in [1.29, 1.82) is 0 Å². The number of benzene rings is 1. The molecule has 0 aliphatic heterocycles. The van der Waals surface area contributed by atoms with Crippen LogP contribution in [0, 0.1) is 6.92 Å². The zero-order valence-electron chi connectivity index (χ0n) is 12.1. The highest BCUT2D eigenvalue weighted by molar-refractivity contribution is 7.90. The lowest BCUT2D eigenvalue weighted by molar-refractivity contribution is 0.0972. The van der Waals surface area contributed by atoms with Crippen LogP contribution in [-0.2, 0) is 16.3 Å². The molecule has 1 aromatic carbocycles. The number of sulfone groups is 1. The lowest BCUT2D eigenvalue weighted by Crippen LogP contribution is -2.09. The van der Waals surface area contributed by atoms with Gasteiger partial charge in [-0.15, -0.1) is 0 Å². The van der Waals surface area contributed by atoms with Gasteiger partial charge in [0.1, 0.15) is 0 Å². The number of ketones is 1. The molecular weight excluding hydrogens is 286 g/mol. The Kier molecular flexibility index (Phi) is 3.24. The summed E-state index contributed by atoms with van der Waals surface area (Å²) in [6.07, 6.45) is 3.56. The van der Waals surface area contributed by atoms with Crippen molar-refractivity contribution in [3.8, 4) is 11.3 Å². The summed E-state index contributed by atoms with van der Waals surface area (Å²) in [6.45, 7) is 1.91. The van der Waals surface area contributed by atoms with Gasteiger partial charge in [-0.3, -0.25) is 4.79 Å². The number of aromatic amines is 1. The van der Waals surface area contributed by atoms with Gasteiger partial charge in [0.2, 0.25) is 0 Å². The molecule has 0 spiro atoms. The topological polar surface area (TPSA) is 67.0 Å². The van der Waals surface area contributed by atoms with E-state index in [1.165, 1.54) is 6.26 Å². The molecule has 110 valence electrons. The molecule has 0 bridgehead atoms. The molecule has 0 radical (unpaired) electrons. The molecule has 0 amide bonds. The van der Waals surface area contributed by atoms with Crippen molar-refractivity contribution in [3.05, 3.63) is 41.1 Å². The van der Waals surface area contributed by atoms with Gasteiger partial charge in [-0.2, -0.15) is 0 Å². The van der Waals surface area contributed by atoms with Gasteiger partial charge in [-0.05, 0) is 43.0 Å². The molecule has 1 aromatic heterocycles. The van der Waals surface area contributed by atoms with Crippen LogP contribution in [0.3, 0.4) is 0 Å². The van der Waals surface area contributed by atoms with Crippen LogP contribution in [0.15, 0.2) is 29.2 Å². The summed E-state index contributed by atoms with van der Waals surface area (Å²) >= 11 is 0. The fraction of sp³-hybridized carbons (Fsp3) is 0.312. The van der Waals surface area contributed by atoms with E-state index in [9.17, 15) is 13.2 Å². The molecule has 0 atom stereocenters. The first kappa shape index (κ1) is 14.1. The van der Waals surface area contributed by atoms with Crippen molar-refractivity contribution >= 4 is 15.6 Å². The summed E-state index contributed by atoms with van der Waals surface area (Å²) in [5.74, 6) is 0.198. The standard InChI is InChI=1S/C16H17NO3S/c1-10-15-13(4-3-5-14(15)18)16(17-10)11-6-8-12(9-7-11)21(2,19)20/h6-9,17H,3-5H2,1-2H3. The molecule has 0 saturated heterocycles. The maximum absolute atomic E-state index is 12.0. The van der Waals surface area contributed by atoms with Crippen molar-refractivity contribution in [3.63, 3.8) is 0 Å². The third-order valence-corrected chi connectivity index (χ3v) is 5.10. The summed E-state index contributed by atoms with van der Waals surface area (Å²) in [5.41, 5.74) is 4.65. The minimum atomic E-state index is -3.19. The number of Topliss-reactive ketones (excluding diaryl/α,β-unsaturated/α-hetero) is 1. The molecule has 1 aliphatic rings. The average Bonchev–Trinajstić information content (AvgIpc) is 2.77. The first-order valence-electron chi connectivity index (χ1n) is 6.93. The van der Waals surface area contributed by atoms with Gasteiger partial charge in [0.05, 0.1) is 4.90 Å². The summed E-state index contributed by atoms with van der Waals surface area (Å²) in [7, 11) is -3.19. The van der Waals surface area contributed by atoms with Crippen molar-refractivity contribution in [1.82, 2.24) is 4.98 Å². The van der Waals surface area contributed by atoms with E-state index in [0.717, 1.165) is 40.9 Å². The number of fused-ring (bicyclic) bond motifs is 1. The quantitative estimate of drug-likeness (QED) is 0.927. The molecule has 3 rings (SSSR count). The largest absolute Gasteiger partial charge is 0.358 e. The number of hydrogen-bond acceptors (Lipinski definition) is 3. The summed E-state index contributed by atoms with van der Waals surface area (Å²) < 4.78 is 23.0. The summed E-state index contributed by atoms with van der Waals surface area (Å²) in [4.78, 5) is 15.6. The van der Waals surface area contributed by atoms with Crippen molar-refractivity contribution < 1.29 is 13.2 Å². The van der Waals surface area contributed by atoms with E-state index in [1.54, 1.807) is 24.3 Å². The first-order valence-corrected chi connectivity index (χ1v) is 8.82. The average molecular weight is 303 g/mol. The predicted molar refractivity (Wildman–Crippen MR) is 81.3 cm³/mol. The third kappa shape index (κ3) is 2.42. The van der Waals surface area contributed by atoms with Gasteiger partial charge in [-0.1, -0.05) is 12.1 Å². The Morgan fingerprint density at radius 1 is 1.10 bits per heavy atom. The van der Waals surface area contributed by atoms with Gasteiger partial charge >= 0.3 is 0 Å². The molecule has 21 heavy (non-hydrogen) atoms. The van der Waals surface area contributed by atoms with Crippen molar-refractivity contribution in [2.45, 2.75) is 31.1 Å². The Morgan fingerprint density at radius 3 is 2.38 bits per heavy atom. The van der Waals surface area contributed by atoms with Crippen LogP contribution in [0.1, 0.15) is 34.5 Å². The second kappa shape index (κ2) is 4.84. The van der Waals surface area contributed by atoms with E-state index in [2.05, 4.69) is 4.98 Å². The number of carbonyl (C=O) groups is 1. The molecule has 1 aliphatic carbocycles. The van der Waals surface area contributed by atoms with E-state index >= 15 is 0 Å². The lowest BCUT2D eigenvalue weighted by Gasteiger charge is -2.12. The highest BCUT2D eigenvalue weighted by atomic mass is 32.2. The molecule has 0 saturated carbocycles. The maximum atomic E-state index is 12.0.